The van der Waals surface area contributed by atoms with Gasteiger partial charge in [0.15, 0.2) is 0 Å². The van der Waals surface area contributed by atoms with Crippen molar-refractivity contribution in [2.45, 2.75) is 31.6 Å². The van der Waals surface area contributed by atoms with Crippen molar-refractivity contribution in [2.75, 3.05) is 20.4 Å². The first-order valence-corrected chi connectivity index (χ1v) is 11.1. The second-order valence-corrected chi connectivity index (χ2v) is 8.58. The molecule has 8 nitrogen and oxygen atoms in total. The minimum absolute atomic E-state index is 0.0522. The second-order valence-electron chi connectivity index (χ2n) is 8.58. The molecule has 1 saturated heterocycles. The topological polar surface area (TPSA) is 87.2 Å². The lowest BCUT2D eigenvalue weighted by Crippen LogP contribution is -2.56. The molecule has 8 heteroatoms. The highest BCUT2D eigenvalue weighted by atomic mass is 16.5. The van der Waals surface area contributed by atoms with E-state index in [4.69, 9.17) is 18.9 Å². The Kier molecular flexibility index (Phi) is 6.11. The molecule has 1 aromatic heterocycles. The number of benzene rings is 1. The Bertz CT molecular complexity index is 1040. The zero-order valence-electron chi connectivity index (χ0n) is 18.4. The van der Waals surface area contributed by atoms with E-state index in [0.29, 0.717) is 31.0 Å². The fourth-order valence-corrected chi connectivity index (χ4v) is 4.88. The monoisotopic (exact) mass is 450 g/mol. The lowest BCUT2D eigenvalue weighted by Gasteiger charge is -2.48. The van der Waals surface area contributed by atoms with Gasteiger partial charge in [-0.05, 0) is 49.2 Å². The van der Waals surface area contributed by atoms with Crippen LogP contribution in [0.25, 0.3) is 0 Å². The summed E-state index contributed by atoms with van der Waals surface area (Å²) in [6, 6.07) is 12.3. The fourth-order valence-electron chi connectivity index (χ4n) is 4.88. The zero-order valence-corrected chi connectivity index (χ0v) is 18.4. The molecule has 1 aromatic carbocycles. The van der Waals surface area contributed by atoms with E-state index in [9.17, 15) is 9.59 Å². The third-order valence-electron chi connectivity index (χ3n) is 6.53. The van der Waals surface area contributed by atoms with E-state index in [1.54, 1.807) is 30.5 Å². The Morgan fingerprint density at radius 2 is 2.03 bits per heavy atom. The molecule has 1 aliphatic carbocycles. The van der Waals surface area contributed by atoms with Gasteiger partial charge in [-0.15, -0.1) is 0 Å². The number of allylic oxidation sites excluding steroid dienone is 1. The van der Waals surface area contributed by atoms with Crippen LogP contribution in [0.3, 0.4) is 0 Å². The molecule has 172 valence electrons. The number of aromatic nitrogens is 1. The van der Waals surface area contributed by atoms with Crippen LogP contribution in [0, 0.1) is 11.8 Å². The van der Waals surface area contributed by atoms with E-state index >= 15 is 0 Å². The minimum Gasteiger partial charge on any atom is -0.493 e. The third-order valence-corrected chi connectivity index (χ3v) is 6.53. The fraction of sp³-hybridized carbons (Fsp3) is 0.400. The van der Waals surface area contributed by atoms with Crippen LogP contribution < -0.4 is 4.74 Å². The van der Waals surface area contributed by atoms with Gasteiger partial charge >= 0.3 is 5.97 Å². The van der Waals surface area contributed by atoms with E-state index in [2.05, 4.69) is 9.88 Å². The molecule has 2 fully saturated rings. The Hall–Kier alpha value is -3.23. The molecule has 0 N–H and O–H groups in total. The summed E-state index contributed by atoms with van der Waals surface area (Å²) < 4.78 is 22.7. The van der Waals surface area contributed by atoms with E-state index in [1.165, 1.54) is 13.4 Å². The SMILES string of the molecule is COC(=O)c1ccc(OC2=COC3C(CCC4OCN(Cc5ccccn5)CC43)C2=O)cc1. The minimum atomic E-state index is -0.427. The number of fused-ring (bicyclic) bond motifs is 3. The number of ether oxygens (including phenoxy) is 4. The van der Waals surface area contributed by atoms with Gasteiger partial charge in [0.05, 0.1) is 37.1 Å². The summed E-state index contributed by atoms with van der Waals surface area (Å²) in [7, 11) is 1.33. The summed E-state index contributed by atoms with van der Waals surface area (Å²) in [6.07, 6.45) is 4.58. The molecule has 0 radical (unpaired) electrons. The number of ketones is 1. The number of hydrogen-bond donors (Lipinski definition) is 0. The number of nitrogens with zero attached hydrogens (tertiary/aromatic N) is 2. The summed E-state index contributed by atoms with van der Waals surface area (Å²) >= 11 is 0. The maximum atomic E-state index is 13.2. The van der Waals surface area contributed by atoms with Crippen molar-refractivity contribution in [1.82, 2.24) is 9.88 Å². The van der Waals surface area contributed by atoms with Gasteiger partial charge in [0, 0.05) is 25.2 Å². The van der Waals surface area contributed by atoms with Crippen molar-refractivity contribution >= 4 is 11.8 Å². The Balaban J connectivity index is 1.26. The van der Waals surface area contributed by atoms with Gasteiger partial charge in [-0.25, -0.2) is 4.79 Å². The van der Waals surface area contributed by atoms with Crippen LogP contribution in [0.1, 0.15) is 28.9 Å². The van der Waals surface area contributed by atoms with Crippen LogP contribution in [0.15, 0.2) is 60.7 Å². The lowest BCUT2D eigenvalue weighted by atomic mass is 9.73. The molecule has 4 unspecified atom stereocenters. The molecule has 3 heterocycles. The summed E-state index contributed by atoms with van der Waals surface area (Å²) in [5, 5.41) is 0. The van der Waals surface area contributed by atoms with Gasteiger partial charge in [0.25, 0.3) is 0 Å². The number of carbonyl (C=O) groups is 2. The molecule has 0 bridgehead atoms. The van der Waals surface area contributed by atoms with Crippen LogP contribution >= 0.6 is 0 Å². The molecule has 4 atom stereocenters. The van der Waals surface area contributed by atoms with Gasteiger partial charge < -0.3 is 18.9 Å². The van der Waals surface area contributed by atoms with Gasteiger partial charge in [-0.2, -0.15) is 0 Å². The van der Waals surface area contributed by atoms with Crippen molar-refractivity contribution in [3.05, 3.63) is 71.9 Å². The van der Waals surface area contributed by atoms with Crippen molar-refractivity contribution in [3.8, 4) is 5.75 Å². The summed E-state index contributed by atoms with van der Waals surface area (Å²) in [5.41, 5.74) is 1.40. The first-order chi connectivity index (χ1) is 16.1. The molecule has 33 heavy (non-hydrogen) atoms. The smallest absolute Gasteiger partial charge is 0.337 e. The van der Waals surface area contributed by atoms with Gasteiger partial charge in [0.2, 0.25) is 11.5 Å². The first-order valence-electron chi connectivity index (χ1n) is 11.1. The molecule has 2 aliphatic heterocycles. The number of methoxy groups -OCH3 is 1. The average molecular weight is 450 g/mol. The van der Waals surface area contributed by atoms with Crippen LogP contribution in [-0.4, -0.2) is 54.2 Å². The highest BCUT2D eigenvalue weighted by Crippen LogP contribution is 2.40. The average Bonchev–Trinajstić information content (AvgIpc) is 2.86. The first kappa shape index (κ1) is 21.6. The summed E-state index contributed by atoms with van der Waals surface area (Å²) in [6.45, 7) is 2.03. The van der Waals surface area contributed by atoms with E-state index < -0.39 is 5.97 Å². The molecule has 0 amide bonds. The molecular weight excluding hydrogens is 424 g/mol. The van der Waals surface area contributed by atoms with Crippen LogP contribution in [0.4, 0.5) is 0 Å². The maximum absolute atomic E-state index is 13.2. The number of rotatable bonds is 5. The van der Waals surface area contributed by atoms with Crippen molar-refractivity contribution in [2.24, 2.45) is 11.8 Å². The molecular formula is C25H26N2O6. The molecule has 1 saturated carbocycles. The Morgan fingerprint density at radius 1 is 1.18 bits per heavy atom. The van der Waals surface area contributed by atoms with Gasteiger partial charge in [0.1, 0.15) is 18.1 Å². The largest absolute Gasteiger partial charge is 0.493 e. The molecule has 5 rings (SSSR count). The Morgan fingerprint density at radius 3 is 2.79 bits per heavy atom. The van der Waals surface area contributed by atoms with Crippen LogP contribution in [0.2, 0.25) is 0 Å². The highest BCUT2D eigenvalue weighted by molar-refractivity contribution is 5.96. The molecule has 3 aliphatic rings. The van der Waals surface area contributed by atoms with E-state index in [1.807, 2.05) is 18.2 Å². The maximum Gasteiger partial charge on any atom is 0.337 e. The summed E-state index contributed by atoms with van der Waals surface area (Å²) in [4.78, 5) is 31.4. The molecule has 0 spiro atoms. The Labute approximate surface area is 192 Å². The molecule has 2 aromatic rings. The lowest BCUT2D eigenvalue weighted by molar-refractivity contribution is -0.175. The zero-order chi connectivity index (χ0) is 22.8. The third kappa shape index (κ3) is 4.49. The standard InChI is InChI=1S/C25H26N2O6/c1-30-25(29)16-5-7-18(8-6-16)33-22-14-31-24-19(23(22)28)9-10-21-20(24)13-27(15-32-21)12-17-4-2-3-11-26-17/h2-8,11,14,19-21,24H,9-10,12-13,15H2,1H3. The normalized spacial score (nSPS) is 26.9. The van der Waals surface area contributed by atoms with E-state index in [0.717, 1.165) is 18.7 Å². The number of carbonyl (C=O) groups excluding carboxylic acids is 2. The second kappa shape index (κ2) is 9.33. The van der Waals surface area contributed by atoms with Crippen molar-refractivity contribution < 1.29 is 28.5 Å². The van der Waals surface area contributed by atoms with Crippen molar-refractivity contribution in [3.63, 3.8) is 0 Å². The van der Waals surface area contributed by atoms with Gasteiger partial charge in [-0.3, -0.25) is 14.7 Å². The number of esters is 1. The number of hydrogen-bond acceptors (Lipinski definition) is 8. The number of pyridine rings is 1. The van der Waals surface area contributed by atoms with Crippen LogP contribution in [-0.2, 0) is 25.5 Å². The number of Topliss-reactive ketones (excluding diaryl/α,β-unsaturated/α-hetero) is 1. The predicted molar refractivity (Wildman–Crippen MR) is 117 cm³/mol. The predicted octanol–water partition coefficient (Wildman–Crippen LogP) is 2.94. The highest BCUT2D eigenvalue weighted by Gasteiger charge is 2.49. The van der Waals surface area contributed by atoms with Crippen LogP contribution in [0.5, 0.6) is 5.75 Å². The van der Waals surface area contributed by atoms with Gasteiger partial charge in [-0.1, -0.05) is 6.07 Å². The van der Waals surface area contributed by atoms with Crippen molar-refractivity contribution in [1.29, 1.82) is 0 Å². The van der Waals surface area contributed by atoms with E-state index in [-0.39, 0.29) is 35.6 Å². The summed E-state index contributed by atoms with van der Waals surface area (Å²) in [5.74, 6) is -0.00256. The quantitative estimate of drug-likeness (QED) is 0.643.